The van der Waals surface area contributed by atoms with Crippen molar-refractivity contribution in [3.63, 3.8) is 0 Å². The van der Waals surface area contributed by atoms with Gasteiger partial charge in [0.2, 0.25) is 5.88 Å². The van der Waals surface area contributed by atoms with Crippen LogP contribution in [-0.2, 0) is 6.54 Å². The molecular formula is C13H14ClN3O2. The number of aromatic nitrogens is 2. The first kappa shape index (κ1) is 13.4. The van der Waals surface area contributed by atoms with Gasteiger partial charge in [-0.15, -0.1) is 5.10 Å². The third-order valence-corrected chi connectivity index (χ3v) is 2.76. The molecule has 100 valence electrons. The van der Waals surface area contributed by atoms with E-state index in [0.717, 1.165) is 5.69 Å². The molecule has 0 saturated heterocycles. The molecule has 1 aromatic carbocycles. The smallest absolute Gasteiger partial charge is 0.267 e. The summed E-state index contributed by atoms with van der Waals surface area (Å²) < 4.78 is 6.34. The maximum atomic E-state index is 11.6. The molecule has 0 aliphatic heterocycles. The van der Waals surface area contributed by atoms with Crippen LogP contribution in [0.4, 0.5) is 5.69 Å². The van der Waals surface area contributed by atoms with Crippen molar-refractivity contribution in [3.05, 3.63) is 51.8 Å². The van der Waals surface area contributed by atoms with Gasteiger partial charge in [-0.1, -0.05) is 17.7 Å². The number of hydrogen-bond donors (Lipinski definition) is 1. The molecule has 5 nitrogen and oxygen atoms in total. The van der Waals surface area contributed by atoms with Crippen LogP contribution in [0, 0.1) is 0 Å². The Morgan fingerprint density at radius 1 is 1.37 bits per heavy atom. The number of benzene rings is 1. The minimum Gasteiger partial charge on any atom is -0.480 e. The van der Waals surface area contributed by atoms with Crippen molar-refractivity contribution in [2.75, 3.05) is 19.0 Å². The molecule has 1 N–H and O–H groups in total. The van der Waals surface area contributed by atoms with Crippen molar-refractivity contribution in [2.24, 2.45) is 0 Å². The van der Waals surface area contributed by atoms with E-state index in [0.29, 0.717) is 24.0 Å². The Morgan fingerprint density at radius 2 is 2.21 bits per heavy atom. The zero-order valence-electron chi connectivity index (χ0n) is 10.5. The van der Waals surface area contributed by atoms with Crippen molar-refractivity contribution in [1.82, 2.24) is 9.78 Å². The number of hydrogen-bond acceptors (Lipinski definition) is 4. The molecular weight excluding hydrogens is 266 g/mol. The third-order valence-electron chi connectivity index (χ3n) is 2.53. The molecule has 2 rings (SSSR count). The Bertz CT molecular complexity index is 613. The summed E-state index contributed by atoms with van der Waals surface area (Å²) >= 11 is 5.88. The third kappa shape index (κ3) is 3.72. The Balaban J connectivity index is 1.97. The van der Waals surface area contributed by atoms with Crippen molar-refractivity contribution < 1.29 is 4.74 Å². The van der Waals surface area contributed by atoms with Gasteiger partial charge in [0.25, 0.3) is 5.56 Å². The number of anilines is 1. The molecule has 0 aliphatic rings. The number of rotatable bonds is 5. The molecule has 0 radical (unpaired) electrons. The number of nitrogens with zero attached hydrogens (tertiary/aromatic N) is 2. The van der Waals surface area contributed by atoms with Crippen LogP contribution in [0.1, 0.15) is 0 Å². The predicted molar refractivity (Wildman–Crippen MR) is 75.0 cm³/mol. The van der Waals surface area contributed by atoms with E-state index in [1.54, 1.807) is 12.1 Å². The average molecular weight is 280 g/mol. The largest absolute Gasteiger partial charge is 0.480 e. The van der Waals surface area contributed by atoms with Crippen molar-refractivity contribution in [1.29, 1.82) is 0 Å². The molecule has 0 atom stereocenters. The van der Waals surface area contributed by atoms with Crippen molar-refractivity contribution >= 4 is 17.3 Å². The number of nitrogens with one attached hydrogen (secondary N) is 1. The molecule has 0 fully saturated rings. The first-order valence-electron chi connectivity index (χ1n) is 5.80. The van der Waals surface area contributed by atoms with Crippen molar-refractivity contribution in [2.45, 2.75) is 6.54 Å². The average Bonchev–Trinajstić information content (AvgIpc) is 2.41. The molecule has 0 amide bonds. The predicted octanol–water partition coefficient (Wildman–Crippen LogP) is 2.02. The fraction of sp³-hybridized carbons (Fsp3) is 0.231. The molecule has 2 aromatic rings. The maximum Gasteiger partial charge on any atom is 0.267 e. The molecule has 1 heterocycles. The molecule has 6 heteroatoms. The second-order valence-electron chi connectivity index (χ2n) is 3.87. The zero-order valence-corrected chi connectivity index (χ0v) is 11.2. The van der Waals surface area contributed by atoms with Crippen LogP contribution < -0.4 is 15.6 Å². The summed E-state index contributed by atoms with van der Waals surface area (Å²) in [6.07, 6.45) is 0. The number of ether oxygens (including phenoxy) is 1. The van der Waals surface area contributed by atoms with Crippen LogP contribution in [-0.4, -0.2) is 23.4 Å². The highest BCUT2D eigenvalue weighted by molar-refractivity contribution is 6.30. The molecule has 0 bridgehead atoms. The number of methoxy groups -OCH3 is 1. The van der Waals surface area contributed by atoms with Crippen LogP contribution in [0.2, 0.25) is 5.02 Å². The Kier molecular flexibility index (Phi) is 4.41. The van der Waals surface area contributed by atoms with Gasteiger partial charge in [0.1, 0.15) is 0 Å². The second kappa shape index (κ2) is 6.24. The van der Waals surface area contributed by atoms with Crippen LogP contribution in [0.3, 0.4) is 0 Å². The maximum absolute atomic E-state index is 11.6. The lowest BCUT2D eigenvalue weighted by molar-refractivity contribution is 0.376. The van der Waals surface area contributed by atoms with E-state index in [-0.39, 0.29) is 5.56 Å². The zero-order chi connectivity index (χ0) is 13.7. The SMILES string of the molecule is COc1ccc(=O)n(CCNc2cccc(Cl)c2)n1. The molecule has 1 aromatic heterocycles. The highest BCUT2D eigenvalue weighted by atomic mass is 35.5. The lowest BCUT2D eigenvalue weighted by Crippen LogP contribution is -2.25. The molecule has 19 heavy (non-hydrogen) atoms. The van der Waals surface area contributed by atoms with Gasteiger partial charge in [-0.3, -0.25) is 4.79 Å². The van der Waals surface area contributed by atoms with Crippen molar-refractivity contribution in [3.8, 4) is 5.88 Å². The first-order chi connectivity index (χ1) is 9.19. The van der Waals surface area contributed by atoms with Gasteiger partial charge in [-0.2, -0.15) is 0 Å². The molecule has 0 aliphatic carbocycles. The second-order valence-corrected chi connectivity index (χ2v) is 4.31. The first-order valence-corrected chi connectivity index (χ1v) is 6.18. The monoisotopic (exact) mass is 279 g/mol. The standard InChI is InChI=1S/C13H14ClN3O2/c1-19-12-5-6-13(18)17(16-12)8-7-15-11-4-2-3-10(14)9-11/h2-6,9,15H,7-8H2,1H3. The highest BCUT2D eigenvalue weighted by Crippen LogP contribution is 2.14. The Labute approximate surface area is 115 Å². The summed E-state index contributed by atoms with van der Waals surface area (Å²) in [5, 5.41) is 7.90. The Hall–Kier alpha value is -2.01. The van der Waals surface area contributed by atoms with Gasteiger partial charge in [0.15, 0.2) is 0 Å². The fourth-order valence-corrected chi connectivity index (χ4v) is 1.79. The fourth-order valence-electron chi connectivity index (χ4n) is 1.60. The summed E-state index contributed by atoms with van der Waals surface area (Å²) in [7, 11) is 1.52. The van der Waals surface area contributed by atoms with Crippen LogP contribution in [0.25, 0.3) is 0 Å². The summed E-state index contributed by atoms with van der Waals surface area (Å²) in [5.41, 5.74) is 0.747. The van der Waals surface area contributed by atoms with E-state index in [2.05, 4.69) is 10.4 Å². The van der Waals surface area contributed by atoms with Gasteiger partial charge in [0, 0.05) is 29.4 Å². The van der Waals surface area contributed by atoms with Gasteiger partial charge in [0.05, 0.1) is 13.7 Å². The van der Waals surface area contributed by atoms with Gasteiger partial charge >= 0.3 is 0 Å². The number of halogens is 1. The summed E-state index contributed by atoms with van der Waals surface area (Å²) in [6.45, 7) is 1.02. The Morgan fingerprint density at radius 3 is 2.95 bits per heavy atom. The summed E-state index contributed by atoms with van der Waals surface area (Å²) in [5.74, 6) is 0.419. The quantitative estimate of drug-likeness (QED) is 0.910. The van der Waals surface area contributed by atoms with E-state index in [1.165, 1.54) is 17.9 Å². The van der Waals surface area contributed by atoms with Gasteiger partial charge < -0.3 is 10.1 Å². The summed E-state index contributed by atoms with van der Waals surface area (Å²) in [6, 6.07) is 10.4. The van der Waals surface area contributed by atoms with Crippen LogP contribution >= 0.6 is 11.6 Å². The van der Waals surface area contributed by atoms with Gasteiger partial charge in [-0.25, -0.2) is 4.68 Å². The van der Waals surface area contributed by atoms with E-state index < -0.39 is 0 Å². The molecule has 0 unspecified atom stereocenters. The minimum absolute atomic E-state index is 0.159. The van der Waals surface area contributed by atoms with E-state index in [9.17, 15) is 4.79 Å². The highest BCUT2D eigenvalue weighted by Gasteiger charge is 2.00. The minimum atomic E-state index is -0.159. The summed E-state index contributed by atoms with van der Waals surface area (Å²) in [4.78, 5) is 11.6. The van der Waals surface area contributed by atoms with E-state index in [1.807, 2.05) is 18.2 Å². The van der Waals surface area contributed by atoms with Crippen LogP contribution in [0.15, 0.2) is 41.2 Å². The van der Waals surface area contributed by atoms with E-state index >= 15 is 0 Å². The normalized spacial score (nSPS) is 10.2. The van der Waals surface area contributed by atoms with Crippen LogP contribution in [0.5, 0.6) is 5.88 Å². The topological polar surface area (TPSA) is 56.1 Å². The lowest BCUT2D eigenvalue weighted by atomic mass is 10.3. The lowest BCUT2D eigenvalue weighted by Gasteiger charge is -2.08. The molecule has 0 saturated carbocycles. The molecule has 0 spiro atoms. The van der Waals surface area contributed by atoms with E-state index in [4.69, 9.17) is 16.3 Å². The van der Waals surface area contributed by atoms with Gasteiger partial charge in [-0.05, 0) is 18.2 Å².